The fourth-order valence-electron chi connectivity index (χ4n) is 5.70. The van der Waals surface area contributed by atoms with Crippen LogP contribution in [0.2, 0.25) is 0 Å². The number of aliphatic hydroxyl groups is 1. The van der Waals surface area contributed by atoms with Crippen LogP contribution in [-0.4, -0.2) is 84.5 Å². The number of aliphatic hydroxyl groups excluding tert-OH is 1. The summed E-state index contributed by atoms with van der Waals surface area (Å²) in [7, 11) is 0. The van der Waals surface area contributed by atoms with Gasteiger partial charge in [0, 0.05) is 37.5 Å². The average Bonchev–Trinajstić information content (AvgIpc) is 3.31. The van der Waals surface area contributed by atoms with E-state index in [-0.39, 0.29) is 35.2 Å². The molecule has 206 valence electrons. The molecule has 0 radical (unpaired) electrons. The number of halogens is 2. The standard InChI is InChI=1S/C26H34F2N6O4/c1-25(2,3)38-24(37)33-15-26(9-4-10-26)21(35)14-20(33)23(36)32-11-7-17(8-12-32)34-30-22(29-31-34)18-6-5-16(27)13-19(18)28/h5-6,13,17,20-21,35H,4,7-12,14-15H2,1-3H3/t20-,21+/m0/s1. The van der Waals surface area contributed by atoms with Crippen molar-refractivity contribution in [1.29, 1.82) is 0 Å². The van der Waals surface area contributed by atoms with Gasteiger partial charge in [0.05, 0.1) is 17.7 Å². The maximum Gasteiger partial charge on any atom is 0.410 e. The van der Waals surface area contributed by atoms with Crippen LogP contribution in [0.15, 0.2) is 18.2 Å². The Balaban J connectivity index is 1.26. The van der Waals surface area contributed by atoms with Crippen molar-refractivity contribution < 1.29 is 28.2 Å². The highest BCUT2D eigenvalue weighted by Crippen LogP contribution is 2.49. The molecule has 1 spiro atoms. The number of likely N-dealkylation sites (tertiary alicyclic amines) is 2. The molecule has 2 aliphatic heterocycles. The van der Waals surface area contributed by atoms with Gasteiger partial charge in [-0.3, -0.25) is 9.69 Å². The van der Waals surface area contributed by atoms with Crippen molar-refractivity contribution in [3.8, 4) is 11.4 Å². The molecule has 0 bridgehead atoms. The highest BCUT2D eigenvalue weighted by molar-refractivity contribution is 5.86. The summed E-state index contributed by atoms with van der Waals surface area (Å²) in [6.45, 7) is 6.49. The summed E-state index contributed by atoms with van der Waals surface area (Å²) in [5.74, 6) is -1.59. The van der Waals surface area contributed by atoms with Crippen LogP contribution in [0.4, 0.5) is 13.6 Å². The Morgan fingerprint density at radius 3 is 2.47 bits per heavy atom. The summed E-state index contributed by atoms with van der Waals surface area (Å²) in [5, 5.41) is 23.2. The van der Waals surface area contributed by atoms with Crippen LogP contribution in [0, 0.1) is 17.0 Å². The van der Waals surface area contributed by atoms with Crippen LogP contribution < -0.4 is 0 Å². The molecule has 1 aromatic carbocycles. The van der Waals surface area contributed by atoms with Gasteiger partial charge in [-0.15, -0.1) is 10.2 Å². The summed E-state index contributed by atoms with van der Waals surface area (Å²) in [4.78, 5) is 31.4. The van der Waals surface area contributed by atoms with E-state index in [1.807, 2.05) is 0 Å². The molecule has 1 aromatic heterocycles. The smallest absolute Gasteiger partial charge is 0.410 e. The Bertz CT molecular complexity index is 1200. The average molecular weight is 533 g/mol. The zero-order chi connectivity index (χ0) is 27.2. The normalized spacial score (nSPS) is 23.8. The molecule has 2 aromatic rings. The van der Waals surface area contributed by atoms with E-state index in [0.717, 1.165) is 31.4 Å². The molecule has 3 fully saturated rings. The predicted octanol–water partition coefficient (Wildman–Crippen LogP) is 3.32. The van der Waals surface area contributed by atoms with Crippen molar-refractivity contribution in [1.82, 2.24) is 30.0 Å². The lowest BCUT2D eigenvalue weighted by atomic mass is 9.61. The van der Waals surface area contributed by atoms with Gasteiger partial charge in [-0.1, -0.05) is 6.42 Å². The molecule has 3 aliphatic rings. The van der Waals surface area contributed by atoms with E-state index in [9.17, 15) is 23.5 Å². The number of amides is 2. The number of hydrogen-bond donors (Lipinski definition) is 1. The molecule has 2 atom stereocenters. The molecule has 5 rings (SSSR count). The van der Waals surface area contributed by atoms with Crippen LogP contribution in [0.1, 0.15) is 65.3 Å². The fraction of sp³-hybridized carbons (Fsp3) is 0.654. The molecule has 1 saturated carbocycles. The maximum atomic E-state index is 14.1. The third-order valence-electron chi connectivity index (χ3n) is 7.98. The summed E-state index contributed by atoms with van der Waals surface area (Å²) < 4.78 is 33.0. The first-order valence-corrected chi connectivity index (χ1v) is 13.2. The third-order valence-corrected chi connectivity index (χ3v) is 7.98. The highest BCUT2D eigenvalue weighted by Gasteiger charge is 2.54. The SMILES string of the molecule is CC(C)(C)OC(=O)N1CC2(CCC2)[C@H](O)C[C@H]1C(=O)N1CCC(n2nnc(-c3ccc(F)cc3F)n2)CC1. The van der Waals surface area contributed by atoms with E-state index >= 15 is 0 Å². The largest absolute Gasteiger partial charge is 0.444 e. The van der Waals surface area contributed by atoms with Crippen LogP contribution in [0.25, 0.3) is 11.4 Å². The second kappa shape index (κ2) is 9.87. The van der Waals surface area contributed by atoms with Gasteiger partial charge in [0.15, 0.2) is 0 Å². The Hall–Kier alpha value is -3.15. The van der Waals surface area contributed by atoms with Gasteiger partial charge in [-0.25, -0.2) is 13.6 Å². The Morgan fingerprint density at radius 1 is 1.16 bits per heavy atom. The van der Waals surface area contributed by atoms with Gasteiger partial charge in [0.2, 0.25) is 11.7 Å². The summed E-state index contributed by atoms with van der Waals surface area (Å²) in [6.07, 6.45) is 2.75. The number of hydrogen-bond acceptors (Lipinski definition) is 7. The van der Waals surface area contributed by atoms with Gasteiger partial charge >= 0.3 is 6.09 Å². The van der Waals surface area contributed by atoms with Gasteiger partial charge in [-0.05, 0) is 63.8 Å². The van der Waals surface area contributed by atoms with Crippen LogP contribution >= 0.6 is 0 Å². The second-order valence-corrected chi connectivity index (χ2v) is 11.7. The van der Waals surface area contributed by atoms with Crippen molar-refractivity contribution >= 4 is 12.0 Å². The van der Waals surface area contributed by atoms with Gasteiger partial charge in [0.1, 0.15) is 23.3 Å². The zero-order valence-corrected chi connectivity index (χ0v) is 21.9. The molecular formula is C26H34F2N6O4. The van der Waals surface area contributed by atoms with Crippen LogP contribution in [0.3, 0.4) is 0 Å². The maximum absolute atomic E-state index is 14.1. The molecule has 2 saturated heterocycles. The fourth-order valence-corrected chi connectivity index (χ4v) is 5.70. The summed E-state index contributed by atoms with van der Waals surface area (Å²) in [6, 6.07) is 2.24. The van der Waals surface area contributed by atoms with Gasteiger partial charge in [0.25, 0.3) is 0 Å². The summed E-state index contributed by atoms with van der Waals surface area (Å²) >= 11 is 0. The molecule has 2 amide bonds. The van der Waals surface area contributed by atoms with E-state index in [1.54, 1.807) is 25.7 Å². The van der Waals surface area contributed by atoms with Crippen molar-refractivity contribution in [2.24, 2.45) is 5.41 Å². The summed E-state index contributed by atoms with van der Waals surface area (Å²) in [5.41, 5.74) is -0.999. The minimum absolute atomic E-state index is 0.0626. The number of aromatic nitrogens is 4. The number of benzene rings is 1. The molecule has 38 heavy (non-hydrogen) atoms. The first-order valence-electron chi connectivity index (χ1n) is 13.2. The Morgan fingerprint density at radius 2 is 1.87 bits per heavy atom. The van der Waals surface area contributed by atoms with E-state index in [2.05, 4.69) is 15.4 Å². The number of carbonyl (C=O) groups excluding carboxylic acids is 2. The lowest BCUT2D eigenvalue weighted by Crippen LogP contribution is -2.64. The molecule has 10 nitrogen and oxygen atoms in total. The van der Waals surface area contributed by atoms with E-state index in [0.29, 0.717) is 32.5 Å². The first kappa shape index (κ1) is 26.5. The number of rotatable bonds is 3. The van der Waals surface area contributed by atoms with Crippen LogP contribution in [0.5, 0.6) is 0 Å². The van der Waals surface area contributed by atoms with E-state index in [4.69, 9.17) is 4.74 Å². The van der Waals surface area contributed by atoms with E-state index < -0.39 is 35.5 Å². The molecular weight excluding hydrogens is 498 g/mol. The minimum atomic E-state index is -0.792. The van der Waals surface area contributed by atoms with Crippen molar-refractivity contribution in [2.45, 2.75) is 83.1 Å². The third kappa shape index (κ3) is 5.10. The minimum Gasteiger partial charge on any atom is -0.444 e. The highest BCUT2D eigenvalue weighted by atomic mass is 19.1. The molecule has 1 N–H and O–H groups in total. The number of nitrogens with zero attached hydrogens (tertiary/aromatic N) is 6. The number of piperidine rings is 2. The number of ether oxygens (including phenoxy) is 1. The van der Waals surface area contributed by atoms with Crippen molar-refractivity contribution in [3.05, 3.63) is 29.8 Å². The van der Waals surface area contributed by atoms with Crippen molar-refractivity contribution in [3.63, 3.8) is 0 Å². The lowest BCUT2D eigenvalue weighted by Gasteiger charge is -2.54. The lowest BCUT2D eigenvalue weighted by molar-refractivity contribution is -0.153. The monoisotopic (exact) mass is 532 g/mol. The topological polar surface area (TPSA) is 114 Å². The first-order chi connectivity index (χ1) is 18.0. The van der Waals surface area contributed by atoms with Gasteiger partial charge in [-0.2, -0.15) is 4.80 Å². The number of carbonyl (C=O) groups is 2. The molecule has 12 heteroatoms. The Kier molecular flexibility index (Phi) is 6.87. The Labute approximate surface area is 219 Å². The number of tetrazole rings is 1. The van der Waals surface area contributed by atoms with Gasteiger partial charge < -0.3 is 14.7 Å². The second-order valence-electron chi connectivity index (χ2n) is 11.7. The predicted molar refractivity (Wildman–Crippen MR) is 132 cm³/mol. The van der Waals surface area contributed by atoms with E-state index in [1.165, 1.54) is 15.8 Å². The quantitative estimate of drug-likeness (QED) is 0.645. The zero-order valence-electron chi connectivity index (χ0n) is 21.9. The molecule has 3 heterocycles. The molecule has 0 unspecified atom stereocenters. The van der Waals surface area contributed by atoms with Crippen molar-refractivity contribution in [2.75, 3.05) is 19.6 Å². The van der Waals surface area contributed by atoms with Crippen LogP contribution in [-0.2, 0) is 9.53 Å². The molecule has 1 aliphatic carbocycles.